The van der Waals surface area contributed by atoms with Gasteiger partial charge in [-0.15, -0.1) is 0 Å². The lowest BCUT2D eigenvalue weighted by Gasteiger charge is -2.34. The first-order valence-electron chi connectivity index (χ1n) is 10.1. The number of carbonyl (C=O) groups is 1. The fourth-order valence-electron chi connectivity index (χ4n) is 3.62. The zero-order valence-electron chi connectivity index (χ0n) is 17.9. The zero-order chi connectivity index (χ0) is 25.5. The Morgan fingerprint density at radius 1 is 1.06 bits per heavy atom. The van der Waals surface area contributed by atoms with Crippen molar-refractivity contribution in [2.45, 2.75) is 24.1 Å². The minimum absolute atomic E-state index is 0.00481. The number of alkyl halides is 3. The normalized spacial score (nSPS) is 15.8. The second kappa shape index (κ2) is 8.84. The highest BCUT2D eigenvalue weighted by atomic mass is 32.2. The Balaban J connectivity index is 1.72. The molecule has 1 amide bonds. The molecule has 1 atom stereocenters. The Hall–Kier alpha value is -3.67. The van der Waals surface area contributed by atoms with E-state index in [-0.39, 0.29) is 28.6 Å². The highest BCUT2D eigenvalue weighted by Gasteiger charge is 2.37. The van der Waals surface area contributed by atoms with Crippen molar-refractivity contribution in [3.8, 4) is 5.75 Å². The molecule has 35 heavy (non-hydrogen) atoms. The standard InChI is InChI=1S/C23H17F5N2O4S/c1-13-12-30(35(32,33)16-8-5-14(24)6-9-16)19-11-15(7-10-20(19)34-13)29-22(31)21-17(23(26,27)28)3-2-4-18(21)25/h2-11,13H,12H2,1H3,(H,29,31)/t13-/m0/s1. The number of fused-ring (bicyclic) bond motifs is 1. The Bertz CT molecular complexity index is 1390. The summed E-state index contributed by atoms with van der Waals surface area (Å²) in [7, 11) is -4.19. The van der Waals surface area contributed by atoms with Gasteiger partial charge in [-0.2, -0.15) is 13.2 Å². The second-order valence-electron chi connectivity index (χ2n) is 7.72. The van der Waals surface area contributed by atoms with E-state index in [2.05, 4.69) is 5.32 Å². The number of hydrogen-bond acceptors (Lipinski definition) is 4. The van der Waals surface area contributed by atoms with Gasteiger partial charge in [0.05, 0.1) is 28.3 Å². The van der Waals surface area contributed by atoms with E-state index in [4.69, 9.17) is 4.74 Å². The average molecular weight is 512 g/mol. The molecule has 3 aromatic rings. The predicted octanol–water partition coefficient (Wildman–Crippen LogP) is 5.21. The van der Waals surface area contributed by atoms with Crippen molar-refractivity contribution >= 4 is 27.3 Å². The van der Waals surface area contributed by atoms with Crippen molar-refractivity contribution in [2.75, 3.05) is 16.2 Å². The van der Waals surface area contributed by atoms with Crippen LogP contribution in [0.4, 0.5) is 33.3 Å². The summed E-state index contributed by atoms with van der Waals surface area (Å²) in [5, 5.41) is 2.19. The highest BCUT2D eigenvalue weighted by molar-refractivity contribution is 7.92. The maximum atomic E-state index is 14.2. The van der Waals surface area contributed by atoms with Gasteiger partial charge in [0.2, 0.25) is 0 Å². The van der Waals surface area contributed by atoms with E-state index in [1.807, 2.05) is 0 Å². The van der Waals surface area contributed by atoms with Crippen LogP contribution < -0.4 is 14.4 Å². The number of anilines is 2. The van der Waals surface area contributed by atoms with Gasteiger partial charge in [-0.25, -0.2) is 17.2 Å². The number of nitrogens with zero attached hydrogens (tertiary/aromatic N) is 1. The number of benzene rings is 3. The van der Waals surface area contributed by atoms with Gasteiger partial charge in [-0.05, 0) is 61.5 Å². The van der Waals surface area contributed by atoms with Crippen molar-refractivity contribution in [1.29, 1.82) is 0 Å². The van der Waals surface area contributed by atoms with Crippen LogP contribution in [0.2, 0.25) is 0 Å². The van der Waals surface area contributed by atoms with Crippen LogP contribution in [0, 0.1) is 11.6 Å². The molecule has 0 unspecified atom stereocenters. The molecule has 1 N–H and O–H groups in total. The van der Waals surface area contributed by atoms with Gasteiger partial charge in [0, 0.05) is 5.69 Å². The fourth-order valence-corrected chi connectivity index (χ4v) is 5.16. The van der Waals surface area contributed by atoms with Gasteiger partial charge in [0.15, 0.2) is 0 Å². The van der Waals surface area contributed by atoms with Gasteiger partial charge < -0.3 is 10.1 Å². The molecule has 0 aliphatic carbocycles. The molecular weight excluding hydrogens is 495 g/mol. The molecule has 12 heteroatoms. The minimum atomic E-state index is -4.98. The highest BCUT2D eigenvalue weighted by Crippen LogP contribution is 2.39. The molecule has 0 fully saturated rings. The third kappa shape index (κ3) is 4.78. The molecule has 1 heterocycles. The number of hydrogen-bond donors (Lipinski definition) is 1. The third-order valence-corrected chi connectivity index (χ3v) is 6.98. The lowest BCUT2D eigenvalue weighted by atomic mass is 10.1. The van der Waals surface area contributed by atoms with Crippen LogP contribution in [0.5, 0.6) is 5.75 Å². The van der Waals surface area contributed by atoms with Crippen LogP contribution in [0.15, 0.2) is 65.6 Å². The monoisotopic (exact) mass is 512 g/mol. The van der Waals surface area contributed by atoms with Gasteiger partial charge >= 0.3 is 6.18 Å². The molecule has 6 nitrogen and oxygen atoms in total. The van der Waals surface area contributed by atoms with Crippen molar-refractivity contribution in [3.05, 3.63) is 83.4 Å². The summed E-state index contributed by atoms with van der Waals surface area (Å²) in [4.78, 5) is 12.4. The number of nitrogens with one attached hydrogen (secondary N) is 1. The lowest BCUT2D eigenvalue weighted by Crippen LogP contribution is -2.42. The predicted molar refractivity (Wildman–Crippen MR) is 117 cm³/mol. The summed E-state index contributed by atoms with van der Waals surface area (Å²) < 4.78 is 101. The van der Waals surface area contributed by atoms with E-state index in [9.17, 15) is 35.2 Å². The van der Waals surface area contributed by atoms with Crippen LogP contribution in [-0.2, 0) is 16.2 Å². The van der Waals surface area contributed by atoms with Gasteiger partial charge in [-0.3, -0.25) is 9.10 Å². The molecule has 0 spiro atoms. The number of sulfonamides is 1. The average Bonchev–Trinajstić information content (AvgIpc) is 2.78. The summed E-state index contributed by atoms with van der Waals surface area (Å²) >= 11 is 0. The van der Waals surface area contributed by atoms with Crippen LogP contribution in [0.25, 0.3) is 0 Å². The largest absolute Gasteiger partial charge is 0.487 e. The minimum Gasteiger partial charge on any atom is -0.487 e. The molecule has 0 aromatic heterocycles. The van der Waals surface area contributed by atoms with Gasteiger partial charge in [-0.1, -0.05) is 6.07 Å². The first kappa shape index (κ1) is 24.5. The molecule has 1 aliphatic heterocycles. The number of amides is 1. The Morgan fingerprint density at radius 2 is 1.74 bits per heavy atom. The first-order valence-corrected chi connectivity index (χ1v) is 11.6. The summed E-state index contributed by atoms with van der Waals surface area (Å²) in [5.74, 6) is -3.23. The molecule has 0 radical (unpaired) electrons. The molecule has 0 bridgehead atoms. The van der Waals surface area contributed by atoms with E-state index < -0.39 is 51.0 Å². The van der Waals surface area contributed by atoms with E-state index in [1.54, 1.807) is 6.92 Å². The first-order chi connectivity index (χ1) is 16.4. The van der Waals surface area contributed by atoms with Crippen LogP contribution in [0.1, 0.15) is 22.8 Å². The van der Waals surface area contributed by atoms with E-state index >= 15 is 0 Å². The summed E-state index contributed by atoms with van der Waals surface area (Å²) in [6.07, 6.45) is -5.54. The third-order valence-electron chi connectivity index (χ3n) is 5.18. The molecule has 1 aliphatic rings. The maximum absolute atomic E-state index is 14.2. The Morgan fingerprint density at radius 3 is 2.40 bits per heavy atom. The van der Waals surface area contributed by atoms with E-state index in [0.29, 0.717) is 6.07 Å². The maximum Gasteiger partial charge on any atom is 0.417 e. The van der Waals surface area contributed by atoms with Crippen molar-refractivity contribution in [2.24, 2.45) is 0 Å². The molecule has 0 saturated heterocycles. The van der Waals surface area contributed by atoms with Crippen molar-refractivity contribution in [1.82, 2.24) is 0 Å². The second-order valence-corrected chi connectivity index (χ2v) is 9.58. The molecule has 184 valence electrons. The molecule has 0 saturated carbocycles. The van der Waals surface area contributed by atoms with Crippen molar-refractivity contribution < 1.29 is 39.9 Å². The molecular formula is C23H17F5N2O4S. The quantitative estimate of drug-likeness (QED) is 0.487. The van der Waals surface area contributed by atoms with E-state index in [0.717, 1.165) is 40.7 Å². The number of carbonyl (C=O) groups excluding carboxylic acids is 1. The summed E-state index contributed by atoms with van der Waals surface area (Å²) in [5.41, 5.74) is -2.75. The topological polar surface area (TPSA) is 75.7 Å². The SMILES string of the molecule is C[C@H]1CN(S(=O)(=O)c2ccc(F)cc2)c2cc(NC(=O)c3c(F)cccc3C(F)(F)F)ccc2O1. The molecule has 3 aromatic carbocycles. The van der Waals surface area contributed by atoms with Crippen molar-refractivity contribution in [3.63, 3.8) is 0 Å². The Kier molecular flexibility index (Phi) is 6.18. The number of rotatable bonds is 4. The summed E-state index contributed by atoms with van der Waals surface area (Å²) in [6, 6.07) is 10.1. The number of halogens is 5. The smallest absolute Gasteiger partial charge is 0.417 e. The van der Waals surface area contributed by atoms with Gasteiger partial charge in [0.25, 0.3) is 15.9 Å². The van der Waals surface area contributed by atoms with Crippen LogP contribution in [0.3, 0.4) is 0 Å². The van der Waals surface area contributed by atoms with Crippen LogP contribution >= 0.6 is 0 Å². The summed E-state index contributed by atoms with van der Waals surface area (Å²) in [6.45, 7) is 1.50. The van der Waals surface area contributed by atoms with Crippen LogP contribution in [-0.4, -0.2) is 27.0 Å². The lowest BCUT2D eigenvalue weighted by molar-refractivity contribution is -0.138. The number of ether oxygens (including phenoxy) is 1. The Labute approximate surface area is 197 Å². The fraction of sp³-hybridized carbons (Fsp3) is 0.174. The van der Waals surface area contributed by atoms with E-state index in [1.165, 1.54) is 18.2 Å². The zero-order valence-corrected chi connectivity index (χ0v) is 18.8. The molecule has 4 rings (SSSR count). The van der Waals surface area contributed by atoms with Gasteiger partial charge in [0.1, 0.15) is 23.5 Å².